The average Bonchev–Trinajstić information content (AvgIpc) is 3.32. The maximum Gasteiger partial charge on any atom is 0.256 e. The van der Waals surface area contributed by atoms with Crippen LogP contribution in [0.5, 0.6) is 0 Å². The van der Waals surface area contributed by atoms with Crippen LogP contribution in [0, 0.1) is 12.7 Å². The number of benzene rings is 1. The summed E-state index contributed by atoms with van der Waals surface area (Å²) in [4.78, 5) is 30.2. The topological polar surface area (TPSA) is 105 Å². The molecule has 0 atom stereocenters. The van der Waals surface area contributed by atoms with Gasteiger partial charge < -0.3 is 25.4 Å². The van der Waals surface area contributed by atoms with Gasteiger partial charge in [0.25, 0.3) is 5.91 Å². The highest BCUT2D eigenvalue weighted by Gasteiger charge is 2.29. The highest BCUT2D eigenvalue weighted by atomic mass is 19.1. The van der Waals surface area contributed by atoms with Crippen LogP contribution in [-0.2, 0) is 6.54 Å². The quantitative estimate of drug-likeness (QED) is 0.455. The van der Waals surface area contributed by atoms with Crippen molar-refractivity contribution in [2.75, 3.05) is 43.9 Å². The average molecular weight is 509 g/mol. The smallest absolute Gasteiger partial charge is 0.256 e. The molecule has 3 N–H and O–H groups in total. The number of carbonyl (C=O) groups is 1. The molecule has 0 bridgehead atoms. The number of nitrogens with one attached hydrogen (secondary N) is 1. The van der Waals surface area contributed by atoms with E-state index >= 15 is 0 Å². The minimum absolute atomic E-state index is 0.212. The first-order chi connectivity index (χ1) is 17.7. The molecule has 4 rings (SSSR count). The summed E-state index contributed by atoms with van der Waals surface area (Å²) in [6.07, 6.45) is 5.26. The van der Waals surface area contributed by atoms with Crippen molar-refractivity contribution in [3.63, 3.8) is 0 Å². The normalized spacial score (nSPS) is 14.5. The van der Waals surface area contributed by atoms with E-state index in [0.29, 0.717) is 28.8 Å². The standard InChI is InChI=1S/C27H37FN8O/c1-17(2)34(5)12-13-36-15-22(20-6-7-21(28)18(3)14-20)33-26(36)19-8-10-35(11-9-19)27-23(24(29)37)25(30-4)31-16-32-27/h6-7,14-17,19H,8-13H2,1-5H3,(H2,29,37)(H,30,31,32). The van der Waals surface area contributed by atoms with Gasteiger partial charge in [-0.25, -0.2) is 19.3 Å². The molecule has 3 aromatic rings. The summed E-state index contributed by atoms with van der Waals surface area (Å²) >= 11 is 0. The minimum atomic E-state index is -0.550. The molecule has 1 aromatic carbocycles. The molecule has 37 heavy (non-hydrogen) atoms. The van der Waals surface area contributed by atoms with Gasteiger partial charge in [-0.3, -0.25) is 4.79 Å². The molecule has 2 aromatic heterocycles. The number of hydrogen-bond acceptors (Lipinski definition) is 7. The molecular weight excluding hydrogens is 471 g/mol. The summed E-state index contributed by atoms with van der Waals surface area (Å²) in [6.45, 7) is 9.30. The number of primary amides is 1. The molecule has 0 saturated carbocycles. The van der Waals surface area contributed by atoms with Crippen LogP contribution in [0.3, 0.4) is 0 Å². The first-order valence-electron chi connectivity index (χ1n) is 12.8. The summed E-state index contributed by atoms with van der Waals surface area (Å²) in [6, 6.07) is 5.60. The van der Waals surface area contributed by atoms with Crippen LogP contribution in [-0.4, -0.2) is 70.1 Å². The fraction of sp³-hybridized carbons (Fsp3) is 0.481. The molecule has 1 fully saturated rings. The minimum Gasteiger partial charge on any atom is -0.372 e. The largest absolute Gasteiger partial charge is 0.372 e. The number of rotatable bonds is 9. The Hall–Kier alpha value is -3.53. The Labute approximate surface area is 217 Å². The van der Waals surface area contributed by atoms with Crippen LogP contribution >= 0.6 is 0 Å². The number of nitrogens with zero attached hydrogens (tertiary/aromatic N) is 6. The summed E-state index contributed by atoms with van der Waals surface area (Å²) < 4.78 is 16.2. The van der Waals surface area contributed by atoms with Gasteiger partial charge in [0.15, 0.2) is 0 Å². The van der Waals surface area contributed by atoms with Crippen molar-refractivity contribution in [2.24, 2.45) is 5.73 Å². The highest BCUT2D eigenvalue weighted by Crippen LogP contribution is 2.33. The molecule has 1 aliphatic rings. The number of aromatic nitrogens is 4. The third-order valence-electron chi connectivity index (χ3n) is 7.31. The molecule has 0 spiro atoms. The molecule has 3 heterocycles. The Bertz CT molecular complexity index is 1250. The van der Waals surface area contributed by atoms with Gasteiger partial charge in [0, 0.05) is 56.9 Å². The van der Waals surface area contributed by atoms with E-state index in [-0.39, 0.29) is 11.7 Å². The number of carbonyl (C=O) groups excluding carboxylic acids is 1. The third kappa shape index (κ3) is 5.74. The molecule has 198 valence electrons. The van der Waals surface area contributed by atoms with Crippen LogP contribution in [0.1, 0.15) is 54.4 Å². The maximum absolute atomic E-state index is 13.9. The molecule has 0 aliphatic carbocycles. The predicted octanol–water partition coefficient (Wildman–Crippen LogP) is 3.65. The molecule has 0 radical (unpaired) electrons. The molecule has 0 unspecified atom stereocenters. The number of halogens is 1. The number of piperidine rings is 1. The molecule has 10 heteroatoms. The zero-order valence-corrected chi connectivity index (χ0v) is 22.3. The van der Waals surface area contributed by atoms with E-state index in [9.17, 15) is 9.18 Å². The fourth-order valence-corrected chi connectivity index (χ4v) is 4.78. The number of imidazole rings is 1. The first kappa shape index (κ1) is 26.5. The van der Waals surface area contributed by atoms with Gasteiger partial charge in [-0.05, 0) is 64.4 Å². The van der Waals surface area contributed by atoms with Crippen molar-refractivity contribution in [2.45, 2.75) is 52.1 Å². The van der Waals surface area contributed by atoms with E-state index in [1.807, 2.05) is 6.07 Å². The number of nitrogens with two attached hydrogens (primary N) is 1. The molecule has 1 amide bonds. The number of amides is 1. The second-order valence-electron chi connectivity index (χ2n) is 10.0. The van der Waals surface area contributed by atoms with Gasteiger partial charge >= 0.3 is 0 Å². The van der Waals surface area contributed by atoms with Gasteiger partial charge in [0.1, 0.15) is 35.2 Å². The van der Waals surface area contributed by atoms with Crippen molar-refractivity contribution in [3.05, 3.63) is 53.5 Å². The highest BCUT2D eigenvalue weighted by molar-refractivity contribution is 6.02. The van der Waals surface area contributed by atoms with Gasteiger partial charge in [-0.1, -0.05) is 0 Å². The Balaban J connectivity index is 1.59. The lowest BCUT2D eigenvalue weighted by Crippen LogP contribution is -2.36. The summed E-state index contributed by atoms with van der Waals surface area (Å²) in [5.74, 6) is 1.53. The first-order valence-corrected chi connectivity index (χ1v) is 12.8. The summed E-state index contributed by atoms with van der Waals surface area (Å²) in [5, 5.41) is 2.94. The van der Waals surface area contributed by atoms with Crippen molar-refractivity contribution in [1.29, 1.82) is 0 Å². The lowest BCUT2D eigenvalue weighted by molar-refractivity contribution is 0.100. The van der Waals surface area contributed by atoms with Gasteiger partial charge in [-0.2, -0.15) is 0 Å². The van der Waals surface area contributed by atoms with E-state index in [0.717, 1.165) is 56.1 Å². The monoisotopic (exact) mass is 508 g/mol. The Kier molecular flexibility index (Phi) is 8.06. The SMILES string of the molecule is CNc1ncnc(N2CCC(c3nc(-c4ccc(F)c(C)c4)cn3CCN(C)C(C)C)CC2)c1C(N)=O. The second-order valence-corrected chi connectivity index (χ2v) is 10.0. The number of hydrogen-bond donors (Lipinski definition) is 2. The van der Waals surface area contributed by atoms with E-state index < -0.39 is 5.91 Å². The van der Waals surface area contributed by atoms with Crippen LogP contribution in [0.25, 0.3) is 11.3 Å². The predicted molar refractivity (Wildman–Crippen MR) is 144 cm³/mol. The second kappa shape index (κ2) is 11.2. The third-order valence-corrected chi connectivity index (χ3v) is 7.31. The molecule has 9 nitrogen and oxygen atoms in total. The molecule has 1 aliphatic heterocycles. The van der Waals surface area contributed by atoms with E-state index in [2.05, 4.69) is 56.7 Å². The Morgan fingerprint density at radius 2 is 2.00 bits per heavy atom. The van der Waals surface area contributed by atoms with Crippen LogP contribution in [0.4, 0.5) is 16.0 Å². The Morgan fingerprint density at radius 1 is 1.27 bits per heavy atom. The summed E-state index contributed by atoms with van der Waals surface area (Å²) in [5.41, 5.74) is 8.37. The van der Waals surface area contributed by atoms with Crippen molar-refractivity contribution >= 4 is 17.5 Å². The van der Waals surface area contributed by atoms with Gasteiger partial charge in [0.2, 0.25) is 0 Å². The van der Waals surface area contributed by atoms with Crippen LogP contribution in [0.15, 0.2) is 30.7 Å². The number of likely N-dealkylation sites (N-methyl/N-ethyl adjacent to an activating group) is 1. The zero-order valence-electron chi connectivity index (χ0n) is 22.3. The van der Waals surface area contributed by atoms with E-state index in [1.165, 1.54) is 12.4 Å². The Morgan fingerprint density at radius 3 is 2.62 bits per heavy atom. The fourth-order valence-electron chi connectivity index (χ4n) is 4.78. The lowest BCUT2D eigenvalue weighted by atomic mass is 9.95. The van der Waals surface area contributed by atoms with Crippen LogP contribution in [0.2, 0.25) is 0 Å². The van der Waals surface area contributed by atoms with E-state index in [1.54, 1.807) is 20.0 Å². The maximum atomic E-state index is 13.9. The van der Waals surface area contributed by atoms with Gasteiger partial charge in [0.05, 0.1) is 5.69 Å². The number of aryl methyl sites for hydroxylation is 1. The summed E-state index contributed by atoms with van der Waals surface area (Å²) in [7, 11) is 3.84. The van der Waals surface area contributed by atoms with Gasteiger partial charge in [-0.15, -0.1) is 0 Å². The lowest BCUT2D eigenvalue weighted by Gasteiger charge is -2.33. The van der Waals surface area contributed by atoms with Crippen molar-refractivity contribution in [3.8, 4) is 11.3 Å². The zero-order chi connectivity index (χ0) is 26.7. The van der Waals surface area contributed by atoms with Crippen molar-refractivity contribution in [1.82, 2.24) is 24.4 Å². The molecule has 1 saturated heterocycles. The van der Waals surface area contributed by atoms with Crippen molar-refractivity contribution < 1.29 is 9.18 Å². The number of anilines is 2. The van der Waals surface area contributed by atoms with E-state index in [4.69, 9.17) is 10.7 Å². The van der Waals surface area contributed by atoms with Crippen LogP contribution < -0.4 is 16.0 Å². The molecular formula is C27H37FN8O.